The van der Waals surface area contributed by atoms with Gasteiger partial charge in [-0.3, -0.25) is 4.79 Å². The van der Waals surface area contributed by atoms with Gasteiger partial charge in [0, 0.05) is 7.11 Å². The lowest BCUT2D eigenvalue weighted by Gasteiger charge is -2.14. The highest BCUT2D eigenvalue weighted by atomic mass is 16.5. The number of benzene rings is 1. The zero-order valence-corrected chi connectivity index (χ0v) is 15.1. The quantitative estimate of drug-likeness (QED) is 0.625. The Morgan fingerprint density at radius 1 is 1.41 bits per heavy atom. The molecule has 2 atom stereocenters. The van der Waals surface area contributed by atoms with Gasteiger partial charge in [0.25, 0.3) is 5.91 Å². The molecule has 1 fully saturated rings. The number of carboxylic acids is 1. The number of aromatic nitrogens is 3. The van der Waals surface area contributed by atoms with Crippen molar-refractivity contribution in [3.8, 4) is 5.69 Å². The van der Waals surface area contributed by atoms with Gasteiger partial charge in [-0.15, -0.1) is 5.10 Å². The Morgan fingerprint density at radius 3 is 2.78 bits per heavy atom. The first-order chi connectivity index (χ1) is 12.9. The highest BCUT2D eigenvalue weighted by molar-refractivity contribution is 5.98. The third kappa shape index (κ3) is 4.32. The number of amides is 1. The molecule has 1 heterocycles. The standard InChI is InChI=1S/C18H22N4O5/c1-10-3-6-12(17(24)19-8-15(27-2)18(25)26)14(7-10)22-9-13(20-21-22)16(23)11-4-5-11/h3,6-7,9,11,15-16,23H,4-5,8H2,1-2H3,(H,19,24)(H,25,26)/t15-,16?/m0/s1. The molecule has 0 aliphatic heterocycles. The van der Waals surface area contributed by atoms with E-state index in [1.807, 2.05) is 6.92 Å². The van der Waals surface area contributed by atoms with Crippen LogP contribution in [0.4, 0.5) is 0 Å². The summed E-state index contributed by atoms with van der Waals surface area (Å²) in [5, 5.41) is 29.9. The Labute approximate surface area is 156 Å². The molecule has 1 aliphatic carbocycles. The van der Waals surface area contributed by atoms with Crippen molar-refractivity contribution in [3.63, 3.8) is 0 Å². The molecule has 0 spiro atoms. The van der Waals surface area contributed by atoms with Gasteiger partial charge in [-0.1, -0.05) is 11.3 Å². The smallest absolute Gasteiger partial charge is 0.334 e. The van der Waals surface area contributed by atoms with Crippen LogP contribution in [0, 0.1) is 12.8 Å². The average Bonchev–Trinajstić information content (AvgIpc) is 3.37. The fourth-order valence-electron chi connectivity index (χ4n) is 2.76. The van der Waals surface area contributed by atoms with E-state index in [1.54, 1.807) is 24.4 Å². The first kappa shape index (κ1) is 19.0. The summed E-state index contributed by atoms with van der Waals surface area (Å²) in [6.45, 7) is 1.72. The number of carbonyl (C=O) groups excluding carboxylic acids is 1. The van der Waals surface area contributed by atoms with Crippen LogP contribution >= 0.6 is 0 Å². The molecule has 3 rings (SSSR count). The van der Waals surface area contributed by atoms with Gasteiger partial charge in [-0.25, -0.2) is 9.48 Å². The number of carbonyl (C=O) groups is 2. The van der Waals surface area contributed by atoms with Crippen molar-refractivity contribution in [1.29, 1.82) is 0 Å². The Kier molecular flexibility index (Phi) is 5.52. The molecular weight excluding hydrogens is 352 g/mol. The summed E-state index contributed by atoms with van der Waals surface area (Å²) in [5.74, 6) is -1.39. The molecule has 1 amide bonds. The summed E-state index contributed by atoms with van der Waals surface area (Å²) >= 11 is 0. The van der Waals surface area contributed by atoms with Crippen LogP contribution in [-0.2, 0) is 9.53 Å². The molecule has 1 unspecified atom stereocenters. The van der Waals surface area contributed by atoms with E-state index >= 15 is 0 Å². The van der Waals surface area contributed by atoms with Gasteiger partial charge in [-0.2, -0.15) is 0 Å². The van der Waals surface area contributed by atoms with Gasteiger partial charge >= 0.3 is 5.97 Å². The lowest BCUT2D eigenvalue weighted by molar-refractivity contribution is -0.148. The van der Waals surface area contributed by atoms with Crippen LogP contribution in [-0.4, -0.2) is 56.8 Å². The molecular formula is C18H22N4O5. The molecule has 27 heavy (non-hydrogen) atoms. The summed E-state index contributed by atoms with van der Waals surface area (Å²) in [5.41, 5.74) is 2.20. The van der Waals surface area contributed by atoms with Crippen molar-refractivity contribution < 1.29 is 24.5 Å². The molecule has 3 N–H and O–H groups in total. The number of aryl methyl sites for hydroxylation is 1. The number of aliphatic carboxylic acids is 1. The van der Waals surface area contributed by atoms with Crippen LogP contribution in [0.25, 0.3) is 5.69 Å². The summed E-state index contributed by atoms with van der Waals surface area (Å²) < 4.78 is 6.27. The summed E-state index contributed by atoms with van der Waals surface area (Å²) in [6, 6.07) is 5.20. The summed E-state index contributed by atoms with van der Waals surface area (Å²) in [7, 11) is 1.27. The monoisotopic (exact) mass is 374 g/mol. The molecule has 9 heteroatoms. The molecule has 1 saturated carbocycles. The van der Waals surface area contributed by atoms with Crippen molar-refractivity contribution in [2.75, 3.05) is 13.7 Å². The van der Waals surface area contributed by atoms with Crippen LogP contribution < -0.4 is 5.32 Å². The van der Waals surface area contributed by atoms with E-state index in [-0.39, 0.29) is 12.5 Å². The SMILES string of the molecule is CO[C@@H](CNC(=O)c1ccc(C)cc1-n1cc(C(O)C2CC2)nn1)C(=O)O. The normalized spacial score (nSPS) is 16.0. The van der Waals surface area contributed by atoms with Crippen LogP contribution in [0.1, 0.15) is 40.6 Å². The van der Waals surface area contributed by atoms with Crippen molar-refractivity contribution in [1.82, 2.24) is 20.3 Å². The third-order valence-electron chi connectivity index (χ3n) is 4.54. The summed E-state index contributed by atoms with van der Waals surface area (Å²) in [6.07, 6.45) is 1.77. The lowest BCUT2D eigenvalue weighted by atomic mass is 10.1. The second-order valence-corrected chi connectivity index (χ2v) is 6.66. The number of aliphatic hydroxyl groups is 1. The molecule has 1 aliphatic rings. The van der Waals surface area contributed by atoms with Crippen LogP contribution in [0.5, 0.6) is 0 Å². The van der Waals surface area contributed by atoms with E-state index < -0.39 is 24.1 Å². The molecule has 144 valence electrons. The molecule has 1 aromatic carbocycles. The van der Waals surface area contributed by atoms with Crippen molar-refractivity contribution in [3.05, 3.63) is 41.2 Å². The minimum absolute atomic E-state index is 0.166. The van der Waals surface area contributed by atoms with Crippen molar-refractivity contribution >= 4 is 11.9 Å². The number of methoxy groups -OCH3 is 1. The number of carboxylic acid groups (broad SMARTS) is 1. The fraction of sp³-hybridized carbons (Fsp3) is 0.444. The van der Waals surface area contributed by atoms with Gasteiger partial charge in [0.05, 0.1) is 24.0 Å². The van der Waals surface area contributed by atoms with Gasteiger partial charge in [0.1, 0.15) is 11.8 Å². The number of aliphatic hydroxyl groups excluding tert-OH is 1. The third-order valence-corrected chi connectivity index (χ3v) is 4.54. The second-order valence-electron chi connectivity index (χ2n) is 6.66. The number of rotatable bonds is 8. The molecule has 0 radical (unpaired) electrons. The van der Waals surface area contributed by atoms with Gasteiger partial charge in [0.15, 0.2) is 6.10 Å². The Hall–Kier alpha value is -2.78. The molecule has 2 aromatic rings. The largest absolute Gasteiger partial charge is 0.479 e. The number of nitrogens with zero attached hydrogens (tertiary/aromatic N) is 3. The number of hydrogen-bond acceptors (Lipinski definition) is 6. The average molecular weight is 374 g/mol. The summed E-state index contributed by atoms with van der Waals surface area (Å²) in [4.78, 5) is 23.6. The predicted molar refractivity (Wildman–Crippen MR) is 94.5 cm³/mol. The van der Waals surface area contributed by atoms with Gasteiger partial charge in [0.2, 0.25) is 0 Å². The maximum absolute atomic E-state index is 12.6. The minimum atomic E-state index is -1.16. The topological polar surface area (TPSA) is 127 Å². The fourth-order valence-corrected chi connectivity index (χ4v) is 2.76. The molecule has 9 nitrogen and oxygen atoms in total. The maximum Gasteiger partial charge on any atom is 0.334 e. The van der Waals surface area contributed by atoms with E-state index in [4.69, 9.17) is 9.84 Å². The molecule has 0 saturated heterocycles. The Balaban J connectivity index is 1.82. The van der Waals surface area contributed by atoms with E-state index in [0.29, 0.717) is 16.9 Å². The van der Waals surface area contributed by atoms with Crippen LogP contribution in [0.15, 0.2) is 24.4 Å². The second kappa shape index (κ2) is 7.85. The molecule has 0 bridgehead atoms. The minimum Gasteiger partial charge on any atom is -0.479 e. The van der Waals surface area contributed by atoms with Gasteiger partial charge < -0.3 is 20.3 Å². The number of ether oxygens (including phenoxy) is 1. The Bertz CT molecular complexity index is 846. The maximum atomic E-state index is 12.6. The Morgan fingerprint density at radius 2 is 2.15 bits per heavy atom. The van der Waals surface area contributed by atoms with Gasteiger partial charge in [-0.05, 0) is 43.4 Å². The predicted octanol–water partition coefficient (Wildman–Crippen LogP) is 0.849. The highest BCUT2D eigenvalue weighted by Crippen LogP contribution is 2.40. The zero-order valence-electron chi connectivity index (χ0n) is 15.1. The van der Waals surface area contributed by atoms with E-state index in [1.165, 1.54) is 11.8 Å². The van der Waals surface area contributed by atoms with Crippen LogP contribution in [0.2, 0.25) is 0 Å². The number of nitrogens with one attached hydrogen (secondary N) is 1. The van der Waals surface area contributed by atoms with E-state index in [2.05, 4.69) is 15.6 Å². The highest BCUT2D eigenvalue weighted by Gasteiger charge is 2.32. The van der Waals surface area contributed by atoms with Crippen molar-refractivity contribution in [2.24, 2.45) is 5.92 Å². The van der Waals surface area contributed by atoms with E-state index in [0.717, 1.165) is 18.4 Å². The number of hydrogen-bond donors (Lipinski definition) is 3. The first-order valence-electron chi connectivity index (χ1n) is 8.66. The molecule has 1 aromatic heterocycles. The zero-order chi connectivity index (χ0) is 19.6. The van der Waals surface area contributed by atoms with Crippen molar-refractivity contribution in [2.45, 2.75) is 32.0 Å². The first-order valence-corrected chi connectivity index (χ1v) is 8.66. The lowest BCUT2D eigenvalue weighted by Crippen LogP contribution is -2.38. The van der Waals surface area contributed by atoms with E-state index in [9.17, 15) is 14.7 Å². The van der Waals surface area contributed by atoms with Crippen LogP contribution in [0.3, 0.4) is 0 Å².